The summed E-state index contributed by atoms with van der Waals surface area (Å²) in [4.78, 5) is 24.7. The van der Waals surface area contributed by atoms with Gasteiger partial charge in [-0.05, 0) is 33.6 Å². The van der Waals surface area contributed by atoms with Gasteiger partial charge >= 0.3 is 12.1 Å². The van der Waals surface area contributed by atoms with Gasteiger partial charge in [-0.1, -0.05) is 0 Å². The molecule has 0 aromatic carbocycles. The molecule has 1 amide bonds. The third-order valence-corrected chi connectivity index (χ3v) is 2.99. The minimum Gasteiger partial charge on any atom is -0.469 e. The molecule has 0 aromatic rings. The van der Waals surface area contributed by atoms with Gasteiger partial charge in [-0.3, -0.25) is 4.79 Å². The molecule has 1 heterocycles. The molecule has 1 unspecified atom stereocenters. The monoisotopic (exact) mass is 287 g/mol. The summed E-state index contributed by atoms with van der Waals surface area (Å²) in [6, 6.07) is 0.0301. The highest BCUT2D eigenvalue weighted by atomic mass is 16.6. The number of likely N-dealkylation sites (tertiary alicyclic amines) is 1. The number of rotatable bonds is 5. The number of carbonyl (C=O) groups excluding carboxylic acids is 2. The van der Waals surface area contributed by atoms with Crippen LogP contribution in [0.3, 0.4) is 0 Å². The van der Waals surface area contributed by atoms with Crippen molar-refractivity contribution in [2.45, 2.75) is 51.7 Å². The second kappa shape index (κ2) is 7.47. The van der Waals surface area contributed by atoms with Crippen LogP contribution in [0, 0.1) is 0 Å². The largest absolute Gasteiger partial charge is 0.469 e. The molecule has 1 rings (SSSR count). The number of hydrogen-bond donors (Lipinski definition) is 0. The summed E-state index contributed by atoms with van der Waals surface area (Å²) in [7, 11) is 1.35. The minimum absolute atomic E-state index is 0.0301. The average Bonchev–Trinajstić information content (AvgIpc) is 2.80. The van der Waals surface area contributed by atoms with Gasteiger partial charge < -0.3 is 19.1 Å². The number of hydrogen-bond acceptors (Lipinski definition) is 5. The van der Waals surface area contributed by atoms with Crippen molar-refractivity contribution in [1.29, 1.82) is 0 Å². The van der Waals surface area contributed by atoms with E-state index in [1.54, 1.807) is 4.90 Å². The van der Waals surface area contributed by atoms with Gasteiger partial charge in [0.15, 0.2) is 0 Å². The van der Waals surface area contributed by atoms with E-state index in [0.717, 1.165) is 12.8 Å². The lowest BCUT2D eigenvalue weighted by Crippen LogP contribution is -2.41. The second-order valence-corrected chi connectivity index (χ2v) is 5.87. The lowest BCUT2D eigenvalue weighted by atomic mass is 10.2. The number of esters is 1. The predicted octanol–water partition coefficient (Wildman–Crippen LogP) is 1.97. The highest BCUT2D eigenvalue weighted by Gasteiger charge is 2.32. The van der Waals surface area contributed by atoms with Crippen molar-refractivity contribution in [2.75, 3.05) is 26.9 Å². The molecule has 0 aromatic heterocycles. The SMILES string of the molecule is COC(=O)CCOCC1CCCN1C(=O)OC(C)(C)C. The summed E-state index contributed by atoms with van der Waals surface area (Å²) in [6.45, 7) is 6.98. The van der Waals surface area contributed by atoms with Crippen LogP contribution in [0.5, 0.6) is 0 Å². The maximum Gasteiger partial charge on any atom is 0.410 e. The van der Waals surface area contributed by atoms with E-state index < -0.39 is 5.60 Å². The van der Waals surface area contributed by atoms with E-state index in [1.807, 2.05) is 20.8 Å². The second-order valence-electron chi connectivity index (χ2n) is 5.87. The van der Waals surface area contributed by atoms with Crippen LogP contribution in [0.15, 0.2) is 0 Å². The van der Waals surface area contributed by atoms with Gasteiger partial charge in [0.1, 0.15) is 5.60 Å². The van der Waals surface area contributed by atoms with Crippen LogP contribution in [-0.4, -0.2) is 55.5 Å². The maximum absolute atomic E-state index is 12.0. The zero-order valence-electron chi connectivity index (χ0n) is 12.8. The van der Waals surface area contributed by atoms with E-state index in [4.69, 9.17) is 9.47 Å². The van der Waals surface area contributed by atoms with Crippen LogP contribution in [0.1, 0.15) is 40.0 Å². The zero-order valence-corrected chi connectivity index (χ0v) is 12.8. The molecule has 1 aliphatic heterocycles. The van der Waals surface area contributed by atoms with Crippen molar-refractivity contribution in [3.05, 3.63) is 0 Å². The highest BCUT2D eigenvalue weighted by Crippen LogP contribution is 2.21. The van der Waals surface area contributed by atoms with E-state index >= 15 is 0 Å². The van der Waals surface area contributed by atoms with Crippen LogP contribution in [-0.2, 0) is 19.0 Å². The Balaban J connectivity index is 2.34. The molecule has 0 N–H and O–H groups in total. The van der Waals surface area contributed by atoms with Crippen LogP contribution in [0.25, 0.3) is 0 Å². The molecule has 1 atom stereocenters. The topological polar surface area (TPSA) is 65.1 Å². The first-order valence-corrected chi connectivity index (χ1v) is 6.97. The third-order valence-electron chi connectivity index (χ3n) is 2.99. The lowest BCUT2D eigenvalue weighted by Gasteiger charge is -2.28. The molecule has 0 bridgehead atoms. The fourth-order valence-electron chi connectivity index (χ4n) is 2.05. The van der Waals surface area contributed by atoms with Gasteiger partial charge in [-0.25, -0.2) is 4.79 Å². The molecule has 0 radical (unpaired) electrons. The average molecular weight is 287 g/mol. The summed E-state index contributed by atoms with van der Waals surface area (Å²) in [5.74, 6) is -0.291. The molecule has 1 saturated heterocycles. The Morgan fingerprint density at radius 1 is 1.30 bits per heavy atom. The number of nitrogens with zero attached hydrogens (tertiary/aromatic N) is 1. The maximum atomic E-state index is 12.0. The van der Waals surface area contributed by atoms with E-state index in [2.05, 4.69) is 4.74 Å². The van der Waals surface area contributed by atoms with E-state index in [1.165, 1.54) is 7.11 Å². The molecule has 116 valence electrons. The summed E-state index contributed by atoms with van der Waals surface area (Å²) < 4.78 is 15.4. The smallest absolute Gasteiger partial charge is 0.410 e. The Morgan fingerprint density at radius 3 is 2.60 bits per heavy atom. The fraction of sp³-hybridized carbons (Fsp3) is 0.857. The van der Waals surface area contributed by atoms with E-state index in [9.17, 15) is 9.59 Å². The normalized spacial score (nSPS) is 19.0. The number of carbonyl (C=O) groups is 2. The van der Waals surface area contributed by atoms with Crippen molar-refractivity contribution in [3.63, 3.8) is 0 Å². The number of amides is 1. The van der Waals surface area contributed by atoms with Crippen LogP contribution in [0.2, 0.25) is 0 Å². The lowest BCUT2D eigenvalue weighted by molar-refractivity contribution is -0.141. The molecule has 0 aliphatic carbocycles. The van der Waals surface area contributed by atoms with Gasteiger partial charge in [0, 0.05) is 6.54 Å². The Hall–Kier alpha value is -1.30. The van der Waals surface area contributed by atoms with Crippen molar-refractivity contribution < 1.29 is 23.8 Å². The molecule has 6 heteroatoms. The van der Waals surface area contributed by atoms with Gasteiger partial charge in [0.05, 0.1) is 32.8 Å². The van der Waals surface area contributed by atoms with Gasteiger partial charge in [-0.15, -0.1) is 0 Å². The van der Waals surface area contributed by atoms with Crippen molar-refractivity contribution in [2.24, 2.45) is 0 Å². The predicted molar refractivity (Wildman–Crippen MR) is 73.4 cm³/mol. The van der Waals surface area contributed by atoms with Gasteiger partial charge in [-0.2, -0.15) is 0 Å². The first-order valence-electron chi connectivity index (χ1n) is 6.97. The van der Waals surface area contributed by atoms with Crippen LogP contribution >= 0.6 is 0 Å². The van der Waals surface area contributed by atoms with Crippen molar-refractivity contribution in [1.82, 2.24) is 4.90 Å². The molecule has 1 fully saturated rings. The molecular weight excluding hydrogens is 262 g/mol. The quantitative estimate of drug-likeness (QED) is 0.571. The van der Waals surface area contributed by atoms with Gasteiger partial charge in [0.2, 0.25) is 0 Å². The van der Waals surface area contributed by atoms with Crippen molar-refractivity contribution >= 4 is 12.1 Å². The first kappa shape index (κ1) is 16.8. The van der Waals surface area contributed by atoms with E-state index in [-0.39, 0.29) is 24.5 Å². The Bertz CT molecular complexity index is 337. The molecule has 0 saturated carbocycles. The first-order chi connectivity index (χ1) is 9.33. The highest BCUT2D eigenvalue weighted by molar-refractivity contribution is 5.69. The summed E-state index contributed by atoms with van der Waals surface area (Å²) in [6.07, 6.45) is 1.79. The number of methoxy groups -OCH3 is 1. The Labute approximate surface area is 120 Å². The Morgan fingerprint density at radius 2 is 2.00 bits per heavy atom. The molecule has 6 nitrogen and oxygen atoms in total. The van der Waals surface area contributed by atoms with E-state index in [0.29, 0.717) is 19.8 Å². The fourth-order valence-corrected chi connectivity index (χ4v) is 2.05. The molecule has 1 aliphatic rings. The molecular formula is C14H25NO5. The third kappa shape index (κ3) is 5.77. The molecule has 20 heavy (non-hydrogen) atoms. The number of ether oxygens (including phenoxy) is 3. The van der Waals surface area contributed by atoms with Gasteiger partial charge in [0.25, 0.3) is 0 Å². The van der Waals surface area contributed by atoms with Crippen LogP contribution in [0.4, 0.5) is 4.79 Å². The summed E-state index contributed by atoms with van der Waals surface area (Å²) in [5, 5.41) is 0. The standard InChI is InChI=1S/C14H25NO5/c1-14(2,3)20-13(17)15-8-5-6-11(15)10-19-9-7-12(16)18-4/h11H,5-10H2,1-4H3. The zero-order chi connectivity index (χ0) is 15.2. The van der Waals surface area contributed by atoms with Crippen LogP contribution < -0.4 is 0 Å². The summed E-state index contributed by atoms with van der Waals surface area (Å²) in [5.41, 5.74) is -0.490. The minimum atomic E-state index is -0.490. The summed E-state index contributed by atoms with van der Waals surface area (Å²) >= 11 is 0. The Kier molecular flexibility index (Phi) is 6.26. The van der Waals surface area contributed by atoms with Crippen molar-refractivity contribution in [3.8, 4) is 0 Å². The molecule has 0 spiro atoms.